The number of aliphatic hydroxyl groups excluding tert-OH is 1. The average molecular weight is 495 g/mol. The Bertz CT molecular complexity index is 1260. The number of aliphatic hydroxyl groups is 1. The molecule has 35 heavy (non-hydrogen) atoms. The molecule has 6 rings (SSSR count). The van der Waals surface area contributed by atoms with Crippen molar-refractivity contribution in [3.05, 3.63) is 33.3 Å². The van der Waals surface area contributed by atoms with Gasteiger partial charge in [-0.3, -0.25) is 0 Å². The van der Waals surface area contributed by atoms with Gasteiger partial charge in [-0.05, 0) is 98.0 Å². The number of nitrogens with two attached hydrogens (primary N) is 1. The highest BCUT2D eigenvalue weighted by Crippen LogP contribution is 2.68. The molecule has 4 aliphatic rings. The van der Waals surface area contributed by atoms with Crippen molar-refractivity contribution in [1.82, 2.24) is 4.98 Å². The highest BCUT2D eigenvalue weighted by molar-refractivity contribution is 7.21. The van der Waals surface area contributed by atoms with E-state index in [9.17, 15) is 9.90 Å². The lowest BCUT2D eigenvalue weighted by Gasteiger charge is -2.58. The maximum atomic E-state index is 12.7. The number of carbonyl (C=O) groups is 1. The zero-order valence-electron chi connectivity index (χ0n) is 21.6. The predicted molar refractivity (Wildman–Crippen MR) is 141 cm³/mol. The van der Waals surface area contributed by atoms with Crippen LogP contribution < -0.4 is 5.73 Å². The van der Waals surface area contributed by atoms with E-state index < -0.39 is 0 Å². The average Bonchev–Trinajstić information content (AvgIpc) is 3.26. The quantitative estimate of drug-likeness (QED) is 0.380. The van der Waals surface area contributed by atoms with Gasteiger partial charge < -0.3 is 15.6 Å². The molecule has 6 heteroatoms. The lowest BCUT2D eigenvalue weighted by molar-refractivity contribution is -0.0227. The van der Waals surface area contributed by atoms with Gasteiger partial charge in [-0.2, -0.15) is 0 Å². The van der Waals surface area contributed by atoms with Gasteiger partial charge in [0.2, 0.25) is 0 Å². The van der Waals surface area contributed by atoms with Gasteiger partial charge in [-0.1, -0.05) is 32.4 Å². The molecule has 0 unspecified atom stereocenters. The normalized spacial score (nSPS) is 37.8. The summed E-state index contributed by atoms with van der Waals surface area (Å²) in [4.78, 5) is 19.0. The van der Waals surface area contributed by atoms with Crippen molar-refractivity contribution < 1.29 is 14.6 Å². The molecule has 3 N–H and O–H groups in total. The van der Waals surface area contributed by atoms with E-state index in [1.165, 1.54) is 34.5 Å². The van der Waals surface area contributed by atoms with Gasteiger partial charge in [0.1, 0.15) is 9.71 Å². The van der Waals surface area contributed by atoms with Crippen LogP contribution in [0.15, 0.2) is 11.6 Å². The molecule has 2 fully saturated rings. The largest absolute Gasteiger partial charge is 0.462 e. The minimum Gasteiger partial charge on any atom is -0.462 e. The fourth-order valence-corrected chi connectivity index (χ4v) is 10.2. The van der Waals surface area contributed by atoms with Crippen LogP contribution in [0.4, 0.5) is 5.69 Å². The topological polar surface area (TPSA) is 85.4 Å². The summed E-state index contributed by atoms with van der Waals surface area (Å²) in [6, 6.07) is 0. The molecule has 0 saturated heterocycles. The van der Waals surface area contributed by atoms with Gasteiger partial charge >= 0.3 is 5.97 Å². The van der Waals surface area contributed by atoms with Crippen LogP contribution in [0.1, 0.15) is 98.6 Å². The molecule has 5 nitrogen and oxygen atoms in total. The fourth-order valence-electron chi connectivity index (χ4n) is 9.11. The molecular weight excluding hydrogens is 456 g/mol. The minimum absolute atomic E-state index is 0.0650. The number of ether oxygens (including phenoxy) is 1. The Hall–Kier alpha value is -1.92. The second-order valence-electron chi connectivity index (χ2n) is 12.1. The first-order valence-electron chi connectivity index (χ1n) is 13.4. The van der Waals surface area contributed by atoms with Crippen LogP contribution in [-0.2, 0) is 10.2 Å². The second kappa shape index (κ2) is 7.79. The number of fused-ring (bicyclic) bond motifs is 9. The highest BCUT2D eigenvalue weighted by Gasteiger charge is 2.60. The number of nitrogen functional groups attached to an aromatic ring is 1. The summed E-state index contributed by atoms with van der Waals surface area (Å²) in [6.07, 6.45) is 8.66. The van der Waals surface area contributed by atoms with E-state index in [2.05, 4.69) is 33.8 Å². The first-order chi connectivity index (χ1) is 16.6. The SMILES string of the molecule is CCOC(=O)c1sc2nc(C)c3c(c2c1N)[C@H](C)[C@@H]1[C@@H]2CC=C4C[C@H](O)CC[C@]4(C)[C@H]2CC[C@@]31C. The van der Waals surface area contributed by atoms with Gasteiger partial charge in [-0.15, -0.1) is 11.3 Å². The monoisotopic (exact) mass is 494 g/mol. The molecule has 0 spiro atoms. The Kier molecular flexibility index (Phi) is 5.22. The molecule has 0 aromatic carbocycles. The molecule has 0 bridgehead atoms. The summed E-state index contributed by atoms with van der Waals surface area (Å²) in [5, 5.41) is 11.3. The van der Waals surface area contributed by atoms with E-state index in [1.807, 2.05) is 6.92 Å². The number of thiophene rings is 1. The van der Waals surface area contributed by atoms with E-state index in [4.69, 9.17) is 15.5 Å². The van der Waals surface area contributed by atoms with Gasteiger partial charge in [-0.25, -0.2) is 9.78 Å². The highest BCUT2D eigenvalue weighted by atomic mass is 32.1. The lowest BCUT2D eigenvalue weighted by atomic mass is 9.47. The van der Waals surface area contributed by atoms with Crippen molar-refractivity contribution in [2.24, 2.45) is 23.2 Å². The van der Waals surface area contributed by atoms with Gasteiger partial charge in [0.15, 0.2) is 0 Å². The fraction of sp³-hybridized carbons (Fsp3) is 0.655. The van der Waals surface area contributed by atoms with E-state index in [-0.39, 0.29) is 22.9 Å². The van der Waals surface area contributed by atoms with Crippen molar-refractivity contribution in [3.63, 3.8) is 0 Å². The Balaban J connectivity index is 1.49. The number of nitrogens with zero attached hydrogens (tertiary/aromatic N) is 1. The van der Waals surface area contributed by atoms with Gasteiger partial charge in [0.05, 0.1) is 18.4 Å². The molecule has 4 aliphatic carbocycles. The van der Waals surface area contributed by atoms with Crippen LogP contribution in [-0.4, -0.2) is 28.8 Å². The number of aromatic nitrogens is 1. The molecule has 2 aromatic heterocycles. The maximum absolute atomic E-state index is 12.7. The first kappa shape index (κ1) is 23.5. The van der Waals surface area contributed by atoms with Gasteiger partial charge in [0, 0.05) is 11.1 Å². The maximum Gasteiger partial charge on any atom is 0.350 e. The van der Waals surface area contributed by atoms with Gasteiger partial charge in [0.25, 0.3) is 0 Å². The summed E-state index contributed by atoms with van der Waals surface area (Å²) >= 11 is 1.38. The van der Waals surface area contributed by atoms with Crippen LogP contribution in [0.5, 0.6) is 0 Å². The number of hydrogen-bond donors (Lipinski definition) is 2. The van der Waals surface area contributed by atoms with E-state index in [0.717, 1.165) is 48.0 Å². The number of carbonyl (C=O) groups excluding carboxylic acids is 1. The zero-order valence-corrected chi connectivity index (χ0v) is 22.4. The van der Waals surface area contributed by atoms with Crippen LogP contribution in [0.25, 0.3) is 10.2 Å². The molecule has 188 valence electrons. The molecule has 0 radical (unpaired) electrons. The smallest absolute Gasteiger partial charge is 0.350 e. The Morgan fingerprint density at radius 1 is 1.29 bits per heavy atom. The van der Waals surface area contributed by atoms with Crippen molar-refractivity contribution >= 4 is 33.2 Å². The third kappa shape index (κ3) is 3.02. The summed E-state index contributed by atoms with van der Waals surface area (Å²) in [5.74, 6) is 1.80. The molecule has 7 atom stereocenters. The summed E-state index contributed by atoms with van der Waals surface area (Å²) in [6.45, 7) is 11.6. The van der Waals surface area contributed by atoms with Crippen LogP contribution in [0.3, 0.4) is 0 Å². The molecule has 2 heterocycles. The van der Waals surface area contributed by atoms with Crippen molar-refractivity contribution in [1.29, 1.82) is 0 Å². The second-order valence-corrected chi connectivity index (χ2v) is 13.1. The lowest BCUT2D eigenvalue weighted by Crippen LogP contribution is -2.51. The van der Waals surface area contributed by atoms with E-state index in [1.54, 1.807) is 0 Å². The van der Waals surface area contributed by atoms with Crippen LogP contribution in [0, 0.1) is 30.1 Å². The van der Waals surface area contributed by atoms with Crippen LogP contribution in [0.2, 0.25) is 0 Å². The van der Waals surface area contributed by atoms with Crippen molar-refractivity contribution in [3.8, 4) is 0 Å². The standard InChI is InChI=1S/C29H38N2O3S/c1-6-34-27(33)25-24(30)21-20-14(2)22-18-8-7-16-13-17(32)9-11-28(16,4)19(18)10-12-29(22,5)23(20)15(3)31-26(21)35-25/h7,14,17-19,22,32H,6,8-13,30H2,1-5H3/t14-,17+,18+,19-,22+,28-,29+/m0/s1. The number of allylic oxidation sites excluding steroid dienone is 1. The third-order valence-electron chi connectivity index (χ3n) is 10.5. The van der Waals surface area contributed by atoms with Crippen LogP contribution >= 0.6 is 11.3 Å². The Morgan fingerprint density at radius 3 is 2.77 bits per heavy atom. The molecule has 2 aromatic rings. The van der Waals surface area contributed by atoms with E-state index in [0.29, 0.717) is 40.8 Å². The number of rotatable bonds is 2. The number of aryl methyl sites for hydroxylation is 1. The molecule has 0 amide bonds. The number of pyridine rings is 1. The summed E-state index contributed by atoms with van der Waals surface area (Å²) < 4.78 is 5.31. The van der Waals surface area contributed by atoms with Crippen molar-refractivity contribution in [2.45, 2.75) is 90.6 Å². The van der Waals surface area contributed by atoms with Crippen molar-refractivity contribution in [2.75, 3.05) is 12.3 Å². The Labute approximate surface area is 212 Å². The molecular formula is C29H38N2O3S. The summed E-state index contributed by atoms with van der Waals surface area (Å²) in [5.41, 5.74) is 12.8. The Morgan fingerprint density at radius 2 is 2.03 bits per heavy atom. The predicted octanol–water partition coefficient (Wildman–Crippen LogP) is 6.26. The molecule has 0 aliphatic heterocycles. The number of anilines is 1. The van der Waals surface area contributed by atoms with E-state index >= 15 is 0 Å². The first-order valence-corrected chi connectivity index (χ1v) is 14.2. The molecule has 2 saturated carbocycles. The third-order valence-corrected chi connectivity index (χ3v) is 11.5. The number of hydrogen-bond acceptors (Lipinski definition) is 6. The zero-order chi connectivity index (χ0) is 24.9. The summed E-state index contributed by atoms with van der Waals surface area (Å²) in [7, 11) is 0. The minimum atomic E-state index is -0.342. The number of esters is 1.